The Hall–Kier alpha value is -2.60. The average Bonchev–Trinajstić information content (AvgIpc) is 3.12. The zero-order valence-electron chi connectivity index (χ0n) is 15.9. The van der Waals surface area contributed by atoms with E-state index < -0.39 is 0 Å². The first-order valence-electron chi connectivity index (χ1n) is 9.66. The van der Waals surface area contributed by atoms with E-state index in [-0.39, 0.29) is 12.0 Å². The molecular formula is C21H28N4O2. The molecule has 144 valence electrons. The number of ether oxygens (including phenoxy) is 1. The molecular weight excluding hydrogens is 340 g/mol. The minimum Gasteiger partial charge on any atom is -0.489 e. The molecule has 1 aliphatic rings. The molecule has 0 saturated carbocycles. The van der Waals surface area contributed by atoms with Gasteiger partial charge in [-0.3, -0.25) is 9.69 Å². The first-order valence-corrected chi connectivity index (χ1v) is 9.66. The molecule has 2 N–H and O–H groups in total. The van der Waals surface area contributed by atoms with Crippen molar-refractivity contribution >= 4 is 12.0 Å². The van der Waals surface area contributed by atoms with Crippen LogP contribution in [0.4, 0.5) is 0 Å². The summed E-state index contributed by atoms with van der Waals surface area (Å²) in [6.07, 6.45) is 10.1. The summed E-state index contributed by atoms with van der Waals surface area (Å²) in [6, 6.07) is 8.25. The van der Waals surface area contributed by atoms with Gasteiger partial charge in [0.1, 0.15) is 11.9 Å². The molecule has 1 aromatic heterocycles. The molecule has 0 fully saturated rings. The molecule has 0 bridgehead atoms. The van der Waals surface area contributed by atoms with Crippen LogP contribution < -0.4 is 10.1 Å². The SMILES string of the molecule is CCCCC1CN(CCNC(=O)C=Cc2cnc[nH]2)Cc2ccccc2O1. The van der Waals surface area contributed by atoms with Gasteiger partial charge in [-0.1, -0.05) is 31.5 Å². The molecule has 0 aliphatic carbocycles. The highest BCUT2D eigenvalue weighted by Crippen LogP contribution is 2.26. The van der Waals surface area contributed by atoms with Crippen molar-refractivity contribution in [3.8, 4) is 5.75 Å². The van der Waals surface area contributed by atoms with Crippen LogP contribution in [-0.4, -0.2) is 46.5 Å². The molecule has 0 spiro atoms. The van der Waals surface area contributed by atoms with Gasteiger partial charge in [0, 0.05) is 37.8 Å². The molecule has 27 heavy (non-hydrogen) atoms. The number of carbonyl (C=O) groups is 1. The molecule has 1 aliphatic heterocycles. The standard InChI is InChI=1S/C21H28N4O2/c1-2-3-7-19-15-25(14-17-6-4-5-8-20(17)27-19)12-11-23-21(26)10-9-18-13-22-16-24-18/h4-6,8-10,13,16,19H,2-3,7,11-12,14-15H2,1H3,(H,22,24)(H,23,26). The number of para-hydroxylation sites is 1. The molecule has 0 radical (unpaired) electrons. The Kier molecular flexibility index (Phi) is 7.04. The Bertz CT molecular complexity index is 742. The van der Waals surface area contributed by atoms with E-state index >= 15 is 0 Å². The van der Waals surface area contributed by atoms with Crippen LogP contribution >= 0.6 is 0 Å². The van der Waals surface area contributed by atoms with Gasteiger partial charge in [-0.2, -0.15) is 0 Å². The molecule has 2 aromatic rings. The van der Waals surface area contributed by atoms with Gasteiger partial charge in [-0.25, -0.2) is 4.98 Å². The summed E-state index contributed by atoms with van der Waals surface area (Å²) >= 11 is 0. The number of nitrogens with zero attached hydrogens (tertiary/aromatic N) is 2. The third-order valence-electron chi connectivity index (χ3n) is 4.66. The minimum absolute atomic E-state index is 0.0985. The van der Waals surface area contributed by atoms with Crippen LogP contribution in [0.25, 0.3) is 6.08 Å². The molecule has 1 unspecified atom stereocenters. The van der Waals surface area contributed by atoms with Crippen LogP contribution in [-0.2, 0) is 11.3 Å². The predicted molar refractivity (Wildman–Crippen MR) is 106 cm³/mol. The quantitative estimate of drug-likeness (QED) is 0.703. The number of imidazole rings is 1. The van der Waals surface area contributed by atoms with E-state index in [4.69, 9.17) is 4.74 Å². The lowest BCUT2D eigenvalue weighted by Gasteiger charge is -2.23. The summed E-state index contributed by atoms with van der Waals surface area (Å²) in [5, 5.41) is 2.95. The first kappa shape index (κ1) is 19.2. The van der Waals surface area contributed by atoms with Crippen LogP contribution in [0.3, 0.4) is 0 Å². The summed E-state index contributed by atoms with van der Waals surface area (Å²) in [5.74, 6) is 0.895. The largest absolute Gasteiger partial charge is 0.489 e. The van der Waals surface area contributed by atoms with Crippen molar-refractivity contribution in [3.63, 3.8) is 0 Å². The van der Waals surface area contributed by atoms with E-state index in [2.05, 4.69) is 45.3 Å². The molecule has 0 saturated heterocycles. The van der Waals surface area contributed by atoms with E-state index in [9.17, 15) is 4.79 Å². The highest BCUT2D eigenvalue weighted by molar-refractivity contribution is 5.91. The van der Waals surface area contributed by atoms with Crippen molar-refractivity contribution in [1.29, 1.82) is 0 Å². The Balaban J connectivity index is 1.52. The molecule has 6 heteroatoms. The van der Waals surface area contributed by atoms with Crippen LogP contribution in [0.2, 0.25) is 0 Å². The van der Waals surface area contributed by atoms with Crippen molar-refractivity contribution < 1.29 is 9.53 Å². The summed E-state index contributed by atoms with van der Waals surface area (Å²) in [5.41, 5.74) is 2.02. The molecule has 2 heterocycles. The lowest BCUT2D eigenvalue weighted by atomic mass is 10.1. The smallest absolute Gasteiger partial charge is 0.244 e. The number of hydrogen-bond acceptors (Lipinski definition) is 4. The maximum atomic E-state index is 12.0. The third-order valence-corrected chi connectivity index (χ3v) is 4.66. The summed E-state index contributed by atoms with van der Waals surface area (Å²) in [4.78, 5) is 21.2. The van der Waals surface area contributed by atoms with Gasteiger partial charge in [-0.05, 0) is 25.0 Å². The Labute approximate surface area is 160 Å². The zero-order chi connectivity index (χ0) is 18.9. The highest BCUT2D eigenvalue weighted by Gasteiger charge is 2.22. The lowest BCUT2D eigenvalue weighted by Crippen LogP contribution is -2.38. The molecule has 1 amide bonds. The van der Waals surface area contributed by atoms with Gasteiger partial charge < -0.3 is 15.0 Å². The summed E-state index contributed by atoms with van der Waals surface area (Å²) in [6.45, 7) is 5.33. The normalized spacial score (nSPS) is 17.3. The second kappa shape index (κ2) is 9.92. The van der Waals surface area contributed by atoms with Gasteiger partial charge in [0.25, 0.3) is 0 Å². The topological polar surface area (TPSA) is 70.2 Å². The Morgan fingerprint density at radius 1 is 1.44 bits per heavy atom. The number of rotatable bonds is 8. The van der Waals surface area contributed by atoms with Crippen molar-refractivity contribution in [3.05, 3.63) is 54.1 Å². The van der Waals surface area contributed by atoms with Crippen molar-refractivity contribution in [1.82, 2.24) is 20.2 Å². The third kappa shape index (κ3) is 5.96. The monoisotopic (exact) mass is 368 g/mol. The van der Waals surface area contributed by atoms with Gasteiger partial charge in [-0.15, -0.1) is 0 Å². The number of carbonyl (C=O) groups excluding carboxylic acids is 1. The molecule has 1 aromatic carbocycles. The van der Waals surface area contributed by atoms with Crippen LogP contribution in [0.5, 0.6) is 5.75 Å². The maximum absolute atomic E-state index is 12.0. The fourth-order valence-corrected chi connectivity index (χ4v) is 3.23. The van der Waals surface area contributed by atoms with Crippen molar-refractivity contribution in [2.45, 2.75) is 38.8 Å². The number of fused-ring (bicyclic) bond motifs is 1. The molecule has 1 atom stereocenters. The maximum Gasteiger partial charge on any atom is 0.244 e. The zero-order valence-corrected chi connectivity index (χ0v) is 15.9. The number of unbranched alkanes of at least 4 members (excludes halogenated alkanes) is 1. The van der Waals surface area contributed by atoms with E-state index in [1.807, 2.05) is 6.07 Å². The second-order valence-electron chi connectivity index (χ2n) is 6.86. The van der Waals surface area contributed by atoms with E-state index in [0.717, 1.165) is 43.9 Å². The first-order chi connectivity index (χ1) is 13.2. The lowest BCUT2D eigenvalue weighted by molar-refractivity contribution is -0.116. The highest BCUT2D eigenvalue weighted by atomic mass is 16.5. The average molecular weight is 368 g/mol. The van der Waals surface area contributed by atoms with Crippen molar-refractivity contribution in [2.75, 3.05) is 19.6 Å². The predicted octanol–water partition coefficient (Wildman–Crippen LogP) is 2.99. The van der Waals surface area contributed by atoms with Gasteiger partial charge in [0.15, 0.2) is 0 Å². The molecule has 3 rings (SSSR count). The van der Waals surface area contributed by atoms with Crippen LogP contribution in [0, 0.1) is 0 Å². The number of aromatic nitrogens is 2. The number of aromatic amines is 1. The summed E-state index contributed by atoms with van der Waals surface area (Å²) < 4.78 is 6.25. The minimum atomic E-state index is -0.0985. The van der Waals surface area contributed by atoms with Crippen LogP contribution in [0.1, 0.15) is 37.4 Å². The summed E-state index contributed by atoms with van der Waals surface area (Å²) in [7, 11) is 0. The number of hydrogen-bond donors (Lipinski definition) is 2. The number of benzene rings is 1. The Morgan fingerprint density at radius 3 is 3.15 bits per heavy atom. The fourth-order valence-electron chi connectivity index (χ4n) is 3.23. The second-order valence-corrected chi connectivity index (χ2v) is 6.86. The van der Waals surface area contributed by atoms with Gasteiger partial charge in [0.2, 0.25) is 5.91 Å². The number of H-pyrrole nitrogens is 1. The van der Waals surface area contributed by atoms with Gasteiger partial charge in [0.05, 0.1) is 18.2 Å². The van der Waals surface area contributed by atoms with Crippen molar-refractivity contribution in [2.24, 2.45) is 0 Å². The molecule has 6 nitrogen and oxygen atoms in total. The van der Waals surface area contributed by atoms with E-state index in [0.29, 0.717) is 6.54 Å². The fraction of sp³-hybridized carbons (Fsp3) is 0.429. The number of amides is 1. The Morgan fingerprint density at radius 2 is 2.33 bits per heavy atom. The van der Waals surface area contributed by atoms with E-state index in [1.54, 1.807) is 18.6 Å². The van der Waals surface area contributed by atoms with Crippen LogP contribution in [0.15, 0.2) is 42.9 Å². The van der Waals surface area contributed by atoms with E-state index in [1.165, 1.54) is 18.1 Å². The number of nitrogens with one attached hydrogen (secondary N) is 2. The van der Waals surface area contributed by atoms with Gasteiger partial charge >= 0.3 is 0 Å².